The van der Waals surface area contributed by atoms with Gasteiger partial charge in [0.25, 0.3) is 0 Å². The highest BCUT2D eigenvalue weighted by molar-refractivity contribution is 4.97. The van der Waals surface area contributed by atoms with Crippen molar-refractivity contribution < 1.29 is 0 Å². The summed E-state index contributed by atoms with van der Waals surface area (Å²) in [5.41, 5.74) is 1.13. The fraction of sp³-hybridized carbons (Fsp3) is 1.00. The Labute approximate surface area is 158 Å². The molecule has 0 N–H and O–H groups in total. The smallest absolute Gasteiger partial charge is 0.0295 e. The van der Waals surface area contributed by atoms with Crippen LogP contribution < -0.4 is 0 Å². The topological polar surface area (TPSA) is 0 Å². The number of hydrogen-bond donors (Lipinski definition) is 0. The summed E-state index contributed by atoms with van der Waals surface area (Å²) in [5, 5.41) is 0. The molecule has 0 spiro atoms. The molecule has 0 aliphatic heterocycles. The Morgan fingerprint density at radius 3 is 1.52 bits per heavy atom. The monoisotopic (exact) mass is 346 g/mol. The lowest BCUT2D eigenvalue weighted by atomic mass is 9.52. The molecule has 3 aliphatic rings. The summed E-state index contributed by atoms with van der Waals surface area (Å²) in [4.78, 5) is 0. The van der Waals surface area contributed by atoms with Gasteiger partial charge in [0, 0.05) is 0 Å². The molecule has 0 aromatic carbocycles. The first-order valence-electron chi connectivity index (χ1n) is 11.8. The molecule has 0 amide bonds. The number of hydrogen-bond acceptors (Lipinski definition) is 0. The molecule has 3 aliphatic carbocycles. The van der Waals surface area contributed by atoms with E-state index in [9.17, 15) is 0 Å². The molecule has 0 bridgehead atoms. The molecular weight excluding hydrogens is 300 g/mol. The lowest BCUT2D eigenvalue weighted by Crippen LogP contribution is -2.44. The third-order valence-corrected chi connectivity index (χ3v) is 9.52. The van der Waals surface area contributed by atoms with Gasteiger partial charge >= 0.3 is 0 Å². The molecule has 0 radical (unpaired) electrons. The van der Waals surface area contributed by atoms with Crippen LogP contribution >= 0.6 is 0 Å². The average Bonchev–Trinajstić information content (AvgIpc) is 2.63. The minimum absolute atomic E-state index is 0.557. The molecule has 0 aromatic heterocycles. The first kappa shape index (κ1) is 19.8. The highest BCUT2D eigenvalue weighted by atomic mass is 14.5. The van der Waals surface area contributed by atoms with Crippen LogP contribution in [0.15, 0.2) is 0 Å². The highest BCUT2D eigenvalue weighted by Crippen LogP contribution is 2.56. The predicted octanol–water partition coefficient (Wildman–Crippen LogP) is 8.25. The van der Waals surface area contributed by atoms with Gasteiger partial charge in [-0.05, 0) is 78.9 Å². The van der Waals surface area contributed by atoms with Crippen LogP contribution in [-0.2, 0) is 0 Å². The van der Waals surface area contributed by atoms with Crippen molar-refractivity contribution in [2.75, 3.05) is 0 Å². The second kappa shape index (κ2) is 7.93. The summed E-state index contributed by atoms with van der Waals surface area (Å²) in [7, 11) is 0. The van der Waals surface area contributed by atoms with E-state index in [1.165, 1.54) is 83.5 Å². The quantitative estimate of drug-likeness (QED) is 0.480. The van der Waals surface area contributed by atoms with E-state index in [-0.39, 0.29) is 0 Å². The molecule has 25 heavy (non-hydrogen) atoms. The van der Waals surface area contributed by atoms with E-state index in [1.807, 2.05) is 0 Å². The summed E-state index contributed by atoms with van der Waals surface area (Å²) in [6.45, 7) is 13.2. The zero-order chi connectivity index (χ0) is 18.1. The van der Waals surface area contributed by atoms with Gasteiger partial charge in [0.05, 0.1) is 0 Å². The molecule has 3 rings (SSSR count). The van der Waals surface area contributed by atoms with Crippen LogP contribution in [-0.4, -0.2) is 0 Å². The maximum absolute atomic E-state index is 2.65. The van der Waals surface area contributed by atoms with Crippen molar-refractivity contribution in [3.8, 4) is 0 Å². The van der Waals surface area contributed by atoms with Gasteiger partial charge in [-0.1, -0.05) is 79.6 Å². The van der Waals surface area contributed by atoms with Crippen LogP contribution in [0.1, 0.15) is 118 Å². The zero-order valence-corrected chi connectivity index (χ0v) is 18.1. The van der Waals surface area contributed by atoms with E-state index >= 15 is 0 Å². The third-order valence-electron chi connectivity index (χ3n) is 9.52. The molecule has 0 heteroatoms. The molecule has 146 valence electrons. The van der Waals surface area contributed by atoms with Gasteiger partial charge in [-0.15, -0.1) is 0 Å². The summed E-state index contributed by atoms with van der Waals surface area (Å²) < 4.78 is 0. The van der Waals surface area contributed by atoms with Crippen molar-refractivity contribution in [3.05, 3.63) is 0 Å². The second-order valence-electron chi connectivity index (χ2n) is 11.4. The van der Waals surface area contributed by atoms with E-state index in [0.29, 0.717) is 10.8 Å². The number of rotatable bonds is 4. The standard InChI is InChI=1S/C25H46/c1-19-16-17-22(24(2,3)20-12-8-6-9-13-20)18-23(19)25(4,5)21-14-10-7-11-15-21/h19-23H,6-18H2,1-5H3. The minimum atomic E-state index is 0.557. The lowest BCUT2D eigenvalue weighted by Gasteiger charge is -2.53. The van der Waals surface area contributed by atoms with Gasteiger partial charge in [0.1, 0.15) is 0 Å². The SMILES string of the molecule is CC1CCC(C(C)(C)C2CCCCC2)CC1C(C)(C)C1CCCCC1. The largest absolute Gasteiger partial charge is 0.0622 e. The zero-order valence-electron chi connectivity index (χ0n) is 18.1. The molecule has 3 unspecified atom stereocenters. The van der Waals surface area contributed by atoms with E-state index in [0.717, 1.165) is 29.6 Å². The minimum Gasteiger partial charge on any atom is -0.0622 e. The Kier molecular flexibility index (Phi) is 6.27. The van der Waals surface area contributed by atoms with E-state index < -0.39 is 0 Å². The van der Waals surface area contributed by atoms with Crippen molar-refractivity contribution in [2.24, 2.45) is 40.4 Å². The molecule has 0 aromatic rings. The van der Waals surface area contributed by atoms with Crippen molar-refractivity contribution in [1.29, 1.82) is 0 Å². The molecule has 0 saturated heterocycles. The van der Waals surface area contributed by atoms with Gasteiger partial charge < -0.3 is 0 Å². The van der Waals surface area contributed by atoms with Gasteiger partial charge in [-0.2, -0.15) is 0 Å². The first-order chi connectivity index (χ1) is 11.8. The molecule has 0 heterocycles. The van der Waals surface area contributed by atoms with Gasteiger partial charge in [-0.3, -0.25) is 0 Å². The fourth-order valence-electron chi connectivity index (χ4n) is 7.36. The van der Waals surface area contributed by atoms with Crippen LogP contribution in [0.3, 0.4) is 0 Å². The van der Waals surface area contributed by atoms with Crippen LogP contribution in [0.25, 0.3) is 0 Å². The maximum atomic E-state index is 2.65. The molecular formula is C25H46. The average molecular weight is 347 g/mol. The summed E-state index contributed by atoms with van der Waals surface area (Å²) in [6.07, 6.45) is 19.5. The van der Waals surface area contributed by atoms with Gasteiger partial charge in [0.15, 0.2) is 0 Å². The summed E-state index contributed by atoms with van der Waals surface area (Å²) in [5.74, 6) is 4.86. The summed E-state index contributed by atoms with van der Waals surface area (Å²) in [6, 6.07) is 0. The Balaban J connectivity index is 1.71. The van der Waals surface area contributed by atoms with Crippen molar-refractivity contribution in [2.45, 2.75) is 118 Å². The Morgan fingerprint density at radius 2 is 1.00 bits per heavy atom. The van der Waals surface area contributed by atoms with Crippen LogP contribution in [0, 0.1) is 40.4 Å². The van der Waals surface area contributed by atoms with Gasteiger partial charge in [-0.25, -0.2) is 0 Å². The third kappa shape index (κ3) is 4.14. The first-order valence-corrected chi connectivity index (χ1v) is 11.8. The van der Waals surface area contributed by atoms with Gasteiger partial charge in [0.2, 0.25) is 0 Å². The van der Waals surface area contributed by atoms with Crippen molar-refractivity contribution in [3.63, 3.8) is 0 Å². The van der Waals surface area contributed by atoms with Crippen LogP contribution in [0.5, 0.6) is 0 Å². The van der Waals surface area contributed by atoms with Crippen LogP contribution in [0.4, 0.5) is 0 Å². The molecule has 3 saturated carbocycles. The van der Waals surface area contributed by atoms with Crippen LogP contribution in [0.2, 0.25) is 0 Å². The fourth-order valence-corrected chi connectivity index (χ4v) is 7.36. The Bertz CT molecular complexity index is 406. The molecule has 3 atom stereocenters. The van der Waals surface area contributed by atoms with E-state index in [1.54, 1.807) is 0 Å². The second-order valence-corrected chi connectivity index (χ2v) is 11.4. The normalized spacial score (nSPS) is 34.2. The highest BCUT2D eigenvalue weighted by Gasteiger charge is 2.47. The predicted molar refractivity (Wildman–Crippen MR) is 111 cm³/mol. The lowest BCUT2D eigenvalue weighted by molar-refractivity contribution is -0.0341. The Hall–Kier alpha value is 0. The van der Waals surface area contributed by atoms with Crippen molar-refractivity contribution >= 4 is 0 Å². The molecule has 0 nitrogen and oxygen atoms in total. The van der Waals surface area contributed by atoms with E-state index in [2.05, 4.69) is 34.6 Å². The van der Waals surface area contributed by atoms with Crippen molar-refractivity contribution in [1.82, 2.24) is 0 Å². The summed E-state index contributed by atoms with van der Waals surface area (Å²) >= 11 is 0. The van der Waals surface area contributed by atoms with E-state index in [4.69, 9.17) is 0 Å². The maximum Gasteiger partial charge on any atom is -0.0295 e. The molecule has 3 fully saturated rings. The Morgan fingerprint density at radius 1 is 0.520 bits per heavy atom.